The van der Waals surface area contributed by atoms with Crippen molar-refractivity contribution in [3.8, 4) is 12.1 Å². The number of nitrogens with one attached hydrogen (secondary N) is 1. The highest BCUT2D eigenvalue weighted by Crippen LogP contribution is 2.42. The van der Waals surface area contributed by atoms with Crippen molar-refractivity contribution in [1.82, 2.24) is 0 Å². The lowest BCUT2D eigenvalue weighted by Crippen LogP contribution is -2.20. The molecule has 3 N–H and O–H groups in total. The molecule has 1 aliphatic carbocycles. The van der Waals surface area contributed by atoms with Crippen LogP contribution in [0.5, 0.6) is 0 Å². The van der Waals surface area contributed by atoms with Gasteiger partial charge >= 0.3 is 0 Å². The summed E-state index contributed by atoms with van der Waals surface area (Å²) in [6.45, 7) is 3.59. The monoisotopic (exact) mass is 317 g/mol. The first-order valence-electron chi connectivity index (χ1n) is 7.33. The van der Waals surface area contributed by atoms with Crippen LogP contribution in [0, 0.1) is 35.4 Å². The molecule has 4 nitrogen and oxygen atoms in total. The number of hydrogen-bond acceptors (Lipinski definition) is 3. The molecule has 0 bridgehead atoms. The van der Waals surface area contributed by atoms with Gasteiger partial charge in [0.2, 0.25) is 0 Å². The molecule has 0 aliphatic heterocycles. The minimum absolute atomic E-state index is 0.224. The molecule has 0 amide bonds. The van der Waals surface area contributed by atoms with Crippen molar-refractivity contribution < 1.29 is 9.37 Å². The average molecular weight is 317 g/mol. The van der Waals surface area contributed by atoms with Gasteiger partial charge in [0.05, 0.1) is 0 Å². The van der Waals surface area contributed by atoms with Crippen LogP contribution in [0.3, 0.4) is 0 Å². The summed E-state index contributed by atoms with van der Waals surface area (Å²) in [6.07, 6.45) is 1.70. The lowest BCUT2D eigenvalue weighted by atomic mass is 9.95. The Labute approximate surface area is 139 Å². The molecule has 3 rings (SSSR count). The summed E-state index contributed by atoms with van der Waals surface area (Å²) in [7, 11) is 0. The summed E-state index contributed by atoms with van der Waals surface area (Å²) in [5.74, 6) is -0.121. The van der Waals surface area contributed by atoms with Crippen LogP contribution >= 0.6 is 0 Å². The maximum atomic E-state index is 14.0. The number of aromatic amines is 1. The second-order valence-corrected chi connectivity index (χ2v) is 5.59. The van der Waals surface area contributed by atoms with E-state index in [4.69, 9.17) is 5.73 Å². The van der Waals surface area contributed by atoms with Gasteiger partial charge in [0.15, 0.2) is 5.69 Å². The summed E-state index contributed by atoms with van der Waals surface area (Å²) < 4.78 is 14.0. The number of nitrogen functional groups attached to an aromatic ring is 1. The number of pyridine rings is 1. The van der Waals surface area contributed by atoms with Crippen molar-refractivity contribution in [3.63, 3.8) is 0 Å². The minimum Gasteiger partial charge on any atom is -0.286 e. The van der Waals surface area contributed by atoms with Gasteiger partial charge in [-0.05, 0) is 42.7 Å². The van der Waals surface area contributed by atoms with E-state index in [1.807, 2.05) is 0 Å². The number of nitrogens with zero attached hydrogens (tertiary/aromatic N) is 2. The smallest absolute Gasteiger partial charge is 0.286 e. The van der Waals surface area contributed by atoms with Crippen molar-refractivity contribution in [2.24, 2.45) is 0 Å². The largest absolute Gasteiger partial charge is 0.289 e. The van der Waals surface area contributed by atoms with Gasteiger partial charge in [-0.15, -0.1) is 0 Å². The molecule has 24 heavy (non-hydrogen) atoms. The van der Waals surface area contributed by atoms with E-state index in [9.17, 15) is 14.9 Å². The molecule has 0 radical (unpaired) electrons. The zero-order chi connectivity index (χ0) is 17.4. The molecular weight excluding hydrogens is 303 g/mol. The highest BCUT2D eigenvalue weighted by molar-refractivity contribution is 6.07. The van der Waals surface area contributed by atoms with Gasteiger partial charge in [0, 0.05) is 11.1 Å². The summed E-state index contributed by atoms with van der Waals surface area (Å²) in [5.41, 5.74) is 10.5. The fourth-order valence-corrected chi connectivity index (χ4v) is 3.02. The Kier molecular flexibility index (Phi) is 3.63. The molecule has 1 heterocycles. The maximum absolute atomic E-state index is 14.0. The summed E-state index contributed by atoms with van der Waals surface area (Å²) >= 11 is 0. The number of allylic oxidation sites excluding steroid dienone is 3. The van der Waals surface area contributed by atoms with E-state index >= 15 is 0 Å². The number of nitrogens with two attached hydrogens (primary N) is 1. The SMILES string of the molecule is CC1=C(C#N)c2[nH+]c(N)c(C#N)c(C)c2C1=Cc1ccccc1F. The molecule has 116 valence electrons. The molecule has 1 aromatic carbocycles. The Balaban J connectivity index is 2.36. The zero-order valence-electron chi connectivity index (χ0n) is 13.2. The van der Waals surface area contributed by atoms with E-state index in [1.165, 1.54) is 6.07 Å². The van der Waals surface area contributed by atoms with Crippen molar-refractivity contribution in [3.05, 3.63) is 63.6 Å². The molecule has 5 heteroatoms. The number of rotatable bonds is 1. The van der Waals surface area contributed by atoms with Crippen LogP contribution in [0.2, 0.25) is 0 Å². The number of anilines is 1. The Bertz CT molecular complexity index is 1020. The lowest BCUT2D eigenvalue weighted by Gasteiger charge is -2.08. The Hall–Kier alpha value is -3.44. The highest BCUT2D eigenvalue weighted by atomic mass is 19.1. The van der Waals surface area contributed by atoms with Crippen LogP contribution in [-0.4, -0.2) is 0 Å². The minimum atomic E-state index is -0.345. The number of aromatic nitrogens is 1. The zero-order valence-corrected chi connectivity index (χ0v) is 13.2. The van der Waals surface area contributed by atoms with E-state index in [-0.39, 0.29) is 11.6 Å². The van der Waals surface area contributed by atoms with Crippen LogP contribution < -0.4 is 10.7 Å². The summed E-state index contributed by atoms with van der Waals surface area (Å²) in [4.78, 5) is 2.95. The van der Waals surface area contributed by atoms with E-state index in [1.54, 1.807) is 38.1 Å². The first-order valence-corrected chi connectivity index (χ1v) is 7.33. The standard InChI is InChI=1S/C19H13FN4/c1-10-13(7-12-5-3-4-6-16(12)20)17-11(2)15(9-22)19(23)24-18(17)14(10)8-21/h3-7H,1-2H3,(H2,23,24)/p+1. The number of halogens is 1. The fraction of sp³-hybridized carbons (Fsp3) is 0.105. The topological polar surface area (TPSA) is 87.7 Å². The van der Waals surface area contributed by atoms with Crippen LogP contribution in [0.1, 0.15) is 34.9 Å². The van der Waals surface area contributed by atoms with Crippen LogP contribution in [0.25, 0.3) is 17.2 Å². The lowest BCUT2D eigenvalue weighted by molar-refractivity contribution is -0.364. The predicted molar refractivity (Wildman–Crippen MR) is 89.3 cm³/mol. The van der Waals surface area contributed by atoms with E-state index < -0.39 is 0 Å². The third-order valence-corrected chi connectivity index (χ3v) is 4.26. The first-order chi connectivity index (χ1) is 11.5. The third-order valence-electron chi connectivity index (χ3n) is 4.26. The highest BCUT2D eigenvalue weighted by Gasteiger charge is 2.32. The van der Waals surface area contributed by atoms with E-state index in [2.05, 4.69) is 17.1 Å². The normalized spacial score (nSPS) is 14.5. The second-order valence-electron chi connectivity index (χ2n) is 5.59. The predicted octanol–water partition coefficient (Wildman–Crippen LogP) is 3.25. The molecule has 0 saturated carbocycles. The maximum Gasteiger partial charge on any atom is 0.289 e. The van der Waals surface area contributed by atoms with Crippen LogP contribution in [-0.2, 0) is 0 Å². The van der Waals surface area contributed by atoms with Crippen molar-refractivity contribution in [2.45, 2.75) is 13.8 Å². The molecule has 0 spiro atoms. The van der Waals surface area contributed by atoms with Gasteiger partial charge < -0.3 is 0 Å². The Morgan fingerprint density at radius 2 is 1.88 bits per heavy atom. The van der Waals surface area contributed by atoms with Gasteiger partial charge in [0.1, 0.15) is 29.1 Å². The Morgan fingerprint density at radius 3 is 2.50 bits per heavy atom. The molecule has 1 aromatic heterocycles. The summed E-state index contributed by atoms with van der Waals surface area (Å²) in [6, 6.07) is 10.7. The molecule has 0 unspecified atom stereocenters. The molecular formula is C19H14FN4+. The van der Waals surface area contributed by atoms with Crippen molar-refractivity contribution in [2.75, 3.05) is 5.73 Å². The van der Waals surface area contributed by atoms with Crippen molar-refractivity contribution in [1.29, 1.82) is 10.5 Å². The van der Waals surface area contributed by atoms with Crippen molar-refractivity contribution >= 4 is 23.0 Å². The number of H-pyrrole nitrogens is 1. The second kappa shape index (κ2) is 5.64. The number of nitriles is 2. The van der Waals surface area contributed by atoms with E-state index in [0.29, 0.717) is 28.0 Å². The molecule has 1 aliphatic rings. The molecule has 2 aromatic rings. The number of fused-ring (bicyclic) bond motifs is 1. The summed E-state index contributed by atoms with van der Waals surface area (Å²) in [5, 5.41) is 18.8. The van der Waals surface area contributed by atoms with Crippen LogP contribution in [0.4, 0.5) is 10.2 Å². The molecule has 0 saturated heterocycles. The average Bonchev–Trinajstić information content (AvgIpc) is 2.81. The Morgan fingerprint density at radius 1 is 1.17 bits per heavy atom. The van der Waals surface area contributed by atoms with Gasteiger partial charge in [-0.3, -0.25) is 5.73 Å². The fourth-order valence-electron chi connectivity index (χ4n) is 3.02. The number of hydrogen-bond donors (Lipinski definition) is 1. The van der Waals surface area contributed by atoms with Crippen LogP contribution in [0.15, 0.2) is 29.8 Å². The molecule has 0 fully saturated rings. The number of benzene rings is 1. The van der Waals surface area contributed by atoms with Gasteiger partial charge in [-0.2, -0.15) is 10.5 Å². The molecule has 0 atom stereocenters. The van der Waals surface area contributed by atoms with Gasteiger partial charge in [0.25, 0.3) is 5.82 Å². The quantitative estimate of drug-likeness (QED) is 0.875. The van der Waals surface area contributed by atoms with E-state index in [0.717, 1.165) is 16.7 Å². The first kappa shape index (κ1) is 15.5. The third kappa shape index (κ3) is 2.15. The van der Waals surface area contributed by atoms with Gasteiger partial charge in [-0.1, -0.05) is 18.2 Å². The van der Waals surface area contributed by atoms with Gasteiger partial charge in [-0.25, -0.2) is 9.37 Å².